The lowest BCUT2D eigenvalue weighted by Crippen LogP contribution is -2.41. The molecule has 3 nitrogen and oxygen atoms in total. The van der Waals surface area contributed by atoms with E-state index in [2.05, 4.69) is 4.74 Å². The molecule has 28 heavy (non-hydrogen) atoms. The molecule has 1 aromatic carbocycles. The maximum atomic E-state index is 15.2. The highest BCUT2D eigenvalue weighted by Gasteiger charge is 2.53. The minimum Gasteiger partial charge on any atom is -0.398 e. The molecular weight excluding hydrogens is 389 g/mol. The molecule has 0 spiro atoms. The van der Waals surface area contributed by atoms with Gasteiger partial charge in [-0.2, -0.15) is 13.2 Å². The van der Waals surface area contributed by atoms with Crippen LogP contribution in [0.4, 0.5) is 26.3 Å². The van der Waals surface area contributed by atoms with Crippen molar-refractivity contribution in [3.63, 3.8) is 0 Å². The Kier molecular flexibility index (Phi) is 6.57. The van der Waals surface area contributed by atoms with Crippen LogP contribution in [0.15, 0.2) is 23.9 Å². The molecule has 0 bridgehead atoms. The highest BCUT2D eigenvalue weighted by atomic mass is 19.4. The number of alkyl halides is 3. The lowest BCUT2D eigenvalue weighted by Gasteiger charge is -2.32. The van der Waals surface area contributed by atoms with Gasteiger partial charge in [0.15, 0.2) is 0 Å². The number of halogens is 6. The van der Waals surface area contributed by atoms with Crippen LogP contribution in [0.5, 0.6) is 0 Å². The van der Waals surface area contributed by atoms with Crippen LogP contribution in [-0.2, 0) is 14.0 Å². The summed E-state index contributed by atoms with van der Waals surface area (Å²) in [7, 11) is -1.55. The Morgan fingerprint density at radius 1 is 1.04 bits per heavy atom. The lowest BCUT2D eigenvalue weighted by atomic mass is 9.81. The van der Waals surface area contributed by atoms with Crippen molar-refractivity contribution in [1.29, 1.82) is 0 Å². The van der Waals surface area contributed by atoms with Crippen LogP contribution in [0.1, 0.15) is 39.7 Å². The molecule has 1 aromatic rings. The zero-order valence-corrected chi connectivity index (χ0v) is 15.9. The Balaban J connectivity index is 2.36. The van der Waals surface area contributed by atoms with Crippen molar-refractivity contribution in [1.82, 2.24) is 0 Å². The molecular formula is C18H21BF6O3. The molecule has 1 aliphatic heterocycles. The van der Waals surface area contributed by atoms with Gasteiger partial charge in [-0.05, 0) is 51.8 Å². The number of hydrogen-bond donors (Lipinski definition) is 0. The predicted molar refractivity (Wildman–Crippen MR) is 92.0 cm³/mol. The van der Waals surface area contributed by atoms with E-state index in [1.807, 2.05) is 0 Å². The van der Waals surface area contributed by atoms with Crippen molar-refractivity contribution in [2.24, 2.45) is 0 Å². The van der Waals surface area contributed by atoms with Crippen LogP contribution < -0.4 is 0 Å². The van der Waals surface area contributed by atoms with Gasteiger partial charge in [-0.3, -0.25) is 0 Å². The van der Waals surface area contributed by atoms with E-state index in [9.17, 15) is 22.0 Å². The van der Waals surface area contributed by atoms with Crippen LogP contribution in [-0.4, -0.2) is 37.7 Å². The average Bonchev–Trinajstić information content (AvgIpc) is 2.75. The summed E-state index contributed by atoms with van der Waals surface area (Å²) >= 11 is 0. The van der Waals surface area contributed by atoms with Gasteiger partial charge in [-0.1, -0.05) is 6.07 Å². The van der Waals surface area contributed by atoms with Gasteiger partial charge in [-0.25, -0.2) is 13.2 Å². The highest BCUT2D eigenvalue weighted by molar-refractivity contribution is 6.55. The van der Waals surface area contributed by atoms with Gasteiger partial charge in [-0.15, -0.1) is 0 Å². The van der Waals surface area contributed by atoms with Crippen LogP contribution in [0.25, 0.3) is 5.57 Å². The Hall–Kier alpha value is -1.52. The van der Waals surface area contributed by atoms with Crippen molar-refractivity contribution < 1.29 is 40.4 Å². The van der Waals surface area contributed by atoms with E-state index in [0.29, 0.717) is 0 Å². The molecule has 10 heteroatoms. The predicted octanol–water partition coefficient (Wildman–Crippen LogP) is 5.25. The molecule has 0 saturated carbocycles. The summed E-state index contributed by atoms with van der Waals surface area (Å²) in [5.74, 6) is -2.12. The Morgan fingerprint density at radius 3 is 2.00 bits per heavy atom. The maximum absolute atomic E-state index is 15.2. The second-order valence-electron chi connectivity index (χ2n) is 7.43. The van der Waals surface area contributed by atoms with Crippen molar-refractivity contribution in [3.05, 3.63) is 41.1 Å². The summed E-state index contributed by atoms with van der Waals surface area (Å²) in [6, 6.07) is 2.94. The first-order chi connectivity index (χ1) is 12.8. The zero-order chi connectivity index (χ0) is 21.3. The molecule has 0 radical (unpaired) electrons. The second kappa shape index (κ2) is 8.08. The maximum Gasteiger partial charge on any atom is 0.525 e. The zero-order valence-electron chi connectivity index (χ0n) is 15.9. The standard InChI is InChI=1S/C18H21BF6O3/c1-16(2)17(3,4)28-19(27-16)15(22)11(8-9-26-10-18(23,24)25)14-12(20)6-5-7-13(14)21/h5-7H,8-10H2,1-4H3. The van der Waals surface area contributed by atoms with Crippen molar-refractivity contribution in [2.45, 2.75) is 51.5 Å². The molecule has 0 atom stereocenters. The number of benzene rings is 1. The van der Waals surface area contributed by atoms with E-state index in [1.165, 1.54) is 0 Å². The quantitative estimate of drug-likeness (QED) is 0.365. The molecule has 0 aliphatic carbocycles. The number of rotatable bonds is 6. The van der Waals surface area contributed by atoms with E-state index in [-0.39, 0.29) is 0 Å². The molecule has 2 rings (SSSR count). The minimum atomic E-state index is -4.57. The van der Waals surface area contributed by atoms with Crippen molar-refractivity contribution in [3.8, 4) is 0 Å². The van der Waals surface area contributed by atoms with E-state index < -0.39 is 72.6 Å². The van der Waals surface area contributed by atoms with Gasteiger partial charge in [0.1, 0.15) is 24.0 Å². The third kappa shape index (κ3) is 5.09. The largest absolute Gasteiger partial charge is 0.525 e. The fraction of sp³-hybridized carbons (Fsp3) is 0.556. The molecule has 0 aromatic heterocycles. The van der Waals surface area contributed by atoms with Gasteiger partial charge in [0.25, 0.3) is 0 Å². The van der Waals surface area contributed by atoms with Gasteiger partial charge >= 0.3 is 13.3 Å². The van der Waals surface area contributed by atoms with Gasteiger partial charge in [0.05, 0.1) is 23.4 Å². The van der Waals surface area contributed by atoms with Crippen LogP contribution >= 0.6 is 0 Å². The molecule has 0 N–H and O–H groups in total. The normalized spacial score (nSPS) is 19.7. The minimum absolute atomic E-state index is 0.503. The van der Waals surface area contributed by atoms with E-state index in [4.69, 9.17) is 9.31 Å². The van der Waals surface area contributed by atoms with Crippen LogP contribution in [0.2, 0.25) is 0 Å². The van der Waals surface area contributed by atoms with E-state index in [1.54, 1.807) is 27.7 Å². The fourth-order valence-corrected chi connectivity index (χ4v) is 2.60. The topological polar surface area (TPSA) is 27.7 Å². The summed E-state index contributed by atoms with van der Waals surface area (Å²) in [4.78, 5) is 0. The summed E-state index contributed by atoms with van der Waals surface area (Å²) < 4.78 is 95.9. The first-order valence-corrected chi connectivity index (χ1v) is 8.58. The van der Waals surface area contributed by atoms with Gasteiger partial charge in [0, 0.05) is 0 Å². The van der Waals surface area contributed by atoms with Crippen molar-refractivity contribution >= 4 is 12.7 Å². The second-order valence-corrected chi connectivity index (χ2v) is 7.43. The Bertz CT molecular complexity index is 709. The third-order valence-electron chi connectivity index (χ3n) is 4.78. The molecule has 0 unspecified atom stereocenters. The first kappa shape index (κ1) is 22.8. The van der Waals surface area contributed by atoms with Crippen LogP contribution in [0.3, 0.4) is 0 Å². The van der Waals surface area contributed by atoms with E-state index >= 15 is 4.39 Å². The SMILES string of the molecule is CC1(C)OB(C(F)=C(CCOCC(F)(F)F)c2c(F)cccc2F)OC1(C)C. The summed E-state index contributed by atoms with van der Waals surface area (Å²) in [5.41, 5.74) is -4.14. The number of ether oxygens (including phenoxy) is 1. The molecule has 0 amide bonds. The van der Waals surface area contributed by atoms with Gasteiger partial charge < -0.3 is 14.0 Å². The highest BCUT2D eigenvalue weighted by Crippen LogP contribution is 2.41. The molecule has 1 saturated heterocycles. The fourth-order valence-electron chi connectivity index (χ4n) is 2.60. The molecule has 1 aliphatic rings. The van der Waals surface area contributed by atoms with Crippen LogP contribution in [0, 0.1) is 11.6 Å². The summed E-state index contributed by atoms with van der Waals surface area (Å²) in [6.07, 6.45) is -5.08. The average molecular weight is 410 g/mol. The summed E-state index contributed by atoms with van der Waals surface area (Å²) in [6.45, 7) is 4.49. The third-order valence-corrected chi connectivity index (χ3v) is 4.78. The smallest absolute Gasteiger partial charge is 0.398 e. The Morgan fingerprint density at radius 2 is 1.54 bits per heavy atom. The monoisotopic (exact) mass is 410 g/mol. The van der Waals surface area contributed by atoms with Crippen molar-refractivity contribution in [2.75, 3.05) is 13.2 Å². The lowest BCUT2D eigenvalue weighted by molar-refractivity contribution is -0.173. The number of hydrogen-bond acceptors (Lipinski definition) is 3. The summed E-state index contributed by atoms with van der Waals surface area (Å²) in [5, 5.41) is 0. The Labute approximate surface area is 159 Å². The first-order valence-electron chi connectivity index (χ1n) is 8.58. The molecule has 1 fully saturated rings. The van der Waals surface area contributed by atoms with Gasteiger partial charge in [0.2, 0.25) is 0 Å². The van der Waals surface area contributed by atoms with E-state index in [0.717, 1.165) is 18.2 Å². The molecule has 156 valence electrons. The molecule has 1 heterocycles.